The van der Waals surface area contributed by atoms with Crippen LogP contribution in [0.5, 0.6) is 0 Å². The highest BCUT2D eigenvalue weighted by Gasteiger charge is 2.32. The molecule has 0 heterocycles. The van der Waals surface area contributed by atoms with Crippen molar-refractivity contribution in [1.82, 2.24) is 0 Å². The molecule has 0 saturated heterocycles. The van der Waals surface area contributed by atoms with E-state index in [0.29, 0.717) is 23.5 Å². The molecule has 3 aromatic rings. The Morgan fingerprint density at radius 3 is 1.30 bits per heavy atom. The van der Waals surface area contributed by atoms with Gasteiger partial charge in [-0.1, -0.05) is 64.1 Å². The second kappa shape index (κ2) is 13.0. The van der Waals surface area contributed by atoms with Gasteiger partial charge in [0.05, 0.1) is 38.3 Å². The van der Waals surface area contributed by atoms with Gasteiger partial charge in [-0.2, -0.15) is 0 Å². The van der Waals surface area contributed by atoms with Gasteiger partial charge in [0, 0.05) is 0 Å². The lowest BCUT2D eigenvalue weighted by molar-refractivity contribution is -0.401. The van der Waals surface area contributed by atoms with Crippen molar-refractivity contribution < 1.29 is 14.8 Å². The fraction of sp³-hybridized carbons (Fsp3) is 0.182. The molecule has 0 aliphatic carbocycles. The average Bonchev–Trinajstić information content (AvgIpc) is 2.85. The zero-order valence-electron chi connectivity index (χ0n) is 18.7. The van der Waals surface area contributed by atoms with Crippen molar-refractivity contribution in [3.05, 3.63) is 103 Å². The Bertz CT molecular complexity index is 1000. The molecule has 3 aromatic carbocycles. The summed E-state index contributed by atoms with van der Waals surface area (Å²) < 4.78 is 0. The van der Waals surface area contributed by atoms with Gasteiger partial charge < -0.3 is 0 Å². The van der Waals surface area contributed by atoms with E-state index in [-0.39, 0.29) is 0 Å². The third-order valence-electron chi connectivity index (χ3n) is 3.94. The lowest BCUT2D eigenvalue weighted by Gasteiger charge is -2.26. The third kappa shape index (κ3) is 6.72. The second-order valence-electron chi connectivity index (χ2n) is 5.75. The highest BCUT2D eigenvalue weighted by molar-refractivity contribution is 5.81. The van der Waals surface area contributed by atoms with Gasteiger partial charge in [0.25, 0.3) is 5.69 Å². The Morgan fingerprint density at radius 2 is 1.00 bits per heavy atom. The molecule has 0 aromatic heterocycles. The van der Waals surface area contributed by atoms with Crippen LogP contribution >= 0.6 is 0 Å². The van der Waals surface area contributed by atoms with Crippen LogP contribution in [-0.2, 0) is 0 Å². The minimum Gasteiger partial charge on any atom is -0.282 e. The molecule has 11 nitrogen and oxygen atoms in total. The molecule has 0 atom stereocenters. The van der Waals surface area contributed by atoms with E-state index in [4.69, 9.17) is 0 Å². The van der Waals surface area contributed by atoms with E-state index in [1.807, 2.05) is 27.7 Å². The Labute approximate surface area is 190 Å². The van der Waals surface area contributed by atoms with E-state index < -0.39 is 37.5 Å². The van der Waals surface area contributed by atoms with Crippen LogP contribution in [0.3, 0.4) is 0 Å². The van der Waals surface area contributed by atoms with Crippen LogP contribution in [0.25, 0.3) is 0 Å². The molecule has 0 bridgehead atoms. The molecule has 0 fully saturated rings. The third-order valence-corrected chi connectivity index (χ3v) is 3.94. The van der Waals surface area contributed by atoms with Crippen molar-refractivity contribution in [3.8, 4) is 0 Å². The molecular formula is C22H25N5O6. The van der Waals surface area contributed by atoms with E-state index in [2.05, 4.69) is 5.43 Å². The molecule has 0 aliphatic heterocycles. The van der Waals surface area contributed by atoms with Crippen LogP contribution < -0.4 is 10.4 Å². The van der Waals surface area contributed by atoms with E-state index in [9.17, 15) is 30.3 Å². The van der Waals surface area contributed by atoms with Crippen LogP contribution in [-0.4, -0.2) is 14.8 Å². The van der Waals surface area contributed by atoms with Gasteiger partial charge >= 0.3 is 11.4 Å². The molecule has 0 spiro atoms. The zero-order chi connectivity index (χ0) is 25.0. The van der Waals surface area contributed by atoms with Crippen molar-refractivity contribution in [2.24, 2.45) is 0 Å². The van der Waals surface area contributed by atoms with E-state index >= 15 is 0 Å². The standard InChI is InChI=1S/C18H13N5O6.2C2H6/c24-21(25)15-11-16(22(26)27)18(17(12-15)23(28)29)19-20(13-7-3-1-4-8-13)14-9-5-2-6-10-14;2*1-2/h1-12,19H;2*1-2H3. The summed E-state index contributed by atoms with van der Waals surface area (Å²) in [6, 6.07) is 18.6. The number of rotatable bonds is 7. The number of benzene rings is 3. The lowest BCUT2D eigenvalue weighted by Crippen LogP contribution is -2.25. The number of nitrogens with zero attached hydrogens (tertiary/aromatic N) is 4. The van der Waals surface area contributed by atoms with Gasteiger partial charge in [-0.3, -0.25) is 40.8 Å². The van der Waals surface area contributed by atoms with Crippen molar-refractivity contribution >= 4 is 34.1 Å². The van der Waals surface area contributed by atoms with E-state index in [0.717, 1.165) is 0 Å². The Balaban J connectivity index is 0.00000129. The minimum atomic E-state index is -0.921. The molecule has 3 rings (SSSR count). The SMILES string of the molecule is CC.CC.O=[N+]([O-])c1cc([N+](=O)[O-])c(NN(c2ccccc2)c2ccccc2)c([N+](=O)[O-])c1. The molecule has 0 aliphatic rings. The van der Waals surface area contributed by atoms with Gasteiger partial charge in [0.15, 0.2) is 0 Å². The molecule has 174 valence electrons. The first-order valence-corrected chi connectivity index (χ1v) is 10.2. The number of nitro benzene ring substituents is 3. The molecule has 0 radical (unpaired) electrons. The fourth-order valence-electron chi connectivity index (χ4n) is 2.65. The first-order valence-electron chi connectivity index (χ1n) is 10.2. The van der Waals surface area contributed by atoms with E-state index in [1.165, 1.54) is 5.01 Å². The molecule has 0 saturated carbocycles. The largest absolute Gasteiger partial charge is 0.308 e. The van der Waals surface area contributed by atoms with Gasteiger partial charge in [0.1, 0.15) is 0 Å². The number of para-hydroxylation sites is 2. The van der Waals surface area contributed by atoms with Gasteiger partial charge in [-0.25, -0.2) is 0 Å². The number of nitrogens with one attached hydrogen (secondary N) is 1. The maximum atomic E-state index is 11.5. The molecule has 33 heavy (non-hydrogen) atoms. The Morgan fingerprint density at radius 1 is 0.636 bits per heavy atom. The Kier molecular flexibility index (Phi) is 10.4. The van der Waals surface area contributed by atoms with E-state index in [1.54, 1.807) is 60.7 Å². The molecular weight excluding hydrogens is 430 g/mol. The van der Waals surface area contributed by atoms with Gasteiger partial charge in [0.2, 0.25) is 5.69 Å². The number of anilines is 3. The van der Waals surface area contributed by atoms with Crippen LogP contribution in [0.2, 0.25) is 0 Å². The van der Waals surface area contributed by atoms with Crippen molar-refractivity contribution in [2.75, 3.05) is 10.4 Å². The highest BCUT2D eigenvalue weighted by atomic mass is 16.6. The second-order valence-corrected chi connectivity index (χ2v) is 5.75. The predicted octanol–water partition coefficient (Wildman–Crippen LogP) is 6.63. The zero-order valence-corrected chi connectivity index (χ0v) is 18.7. The fourth-order valence-corrected chi connectivity index (χ4v) is 2.65. The summed E-state index contributed by atoms with van der Waals surface area (Å²) in [6.07, 6.45) is 0. The number of nitro groups is 3. The summed E-state index contributed by atoms with van der Waals surface area (Å²) in [7, 11) is 0. The van der Waals surface area contributed by atoms with Crippen molar-refractivity contribution in [1.29, 1.82) is 0 Å². The number of non-ortho nitro benzene ring substituents is 1. The predicted molar refractivity (Wildman–Crippen MR) is 128 cm³/mol. The summed E-state index contributed by atoms with van der Waals surface area (Å²) in [5.41, 5.74) is 0.987. The van der Waals surface area contributed by atoms with Gasteiger partial charge in [-0.15, -0.1) is 0 Å². The highest BCUT2D eigenvalue weighted by Crippen LogP contribution is 2.40. The normalized spacial score (nSPS) is 9.33. The first kappa shape index (κ1) is 26.5. The summed E-state index contributed by atoms with van der Waals surface area (Å²) >= 11 is 0. The maximum Gasteiger partial charge on any atom is 0.308 e. The summed E-state index contributed by atoms with van der Waals surface area (Å²) in [4.78, 5) is 31.4. The van der Waals surface area contributed by atoms with Crippen LogP contribution in [0.15, 0.2) is 72.8 Å². The monoisotopic (exact) mass is 455 g/mol. The summed E-state index contributed by atoms with van der Waals surface area (Å²) in [5, 5.41) is 35.5. The summed E-state index contributed by atoms with van der Waals surface area (Å²) in [5.74, 6) is 0. The maximum absolute atomic E-state index is 11.5. The van der Waals surface area contributed by atoms with Crippen LogP contribution in [0.1, 0.15) is 27.7 Å². The number of hydrogen-bond donors (Lipinski definition) is 1. The quantitative estimate of drug-likeness (QED) is 0.309. The average molecular weight is 455 g/mol. The molecule has 0 unspecified atom stereocenters. The Hall–Kier alpha value is -4.54. The molecule has 1 N–H and O–H groups in total. The van der Waals surface area contributed by atoms with Crippen molar-refractivity contribution in [3.63, 3.8) is 0 Å². The number of hydrogen-bond acceptors (Lipinski definition) is 8. The van der Waals surface area contributed by atoms with Gasteiger partial charge in [-0.05, 0) is 24.3 Å². The molecule has 0 amide bonds. The molecule has 11 heteroatoms. The van der Waals surface area contributed by atoms with Crippen LogP contribution in [0, 0.1) is 30.3 Å². The topological polar surface area (TPSA) is 145 Å². The lowest BCUT2D eigenvalue weighted by atomic mass is 10.2. The number of hydrazine groups is 1. The summed E-state index contributed by atoms with van der Waals surface area (Å²) in [6.45, 7) is 8.00. The van der Waals surface area contributed by atoms with Crippen molar-refractivity contribution in [2.45, 2.75) is 27.7 Å². The first-order chi connectivity index (χ1) is 15.9. The van der Waals surface area contributed by atoms with Crippen LogP contribution in [0.4, 0.5) is 34.1 Å². The minimum absolute atomic E-state index is 0.474. The smallest absolute Gasteiger partial charge is 0.282 e.